The van der Waals surface area contributed by atoms with E-state index in [0.717, 1.165) is 38.0 Å². The topological polar surface area (TPSA) is 21.3 Å². The number of halogens is 1. The molecule has 2 nitrogen and oxygen atoms in total. The second kappa shape index (κ2) is 7.48. The first kappa shape index (κ1) is 13.3. The van der Waals surface area contributed by atoms with Crippen molar-refractivity contribution in [2.45, 2.75) is 39.2 Å². The third-order valence-corrected chi connectivity index (χ3v) is 3.45. The fourth-order valence-corrected chi connectivity index (χ4v) is 2.29. The summed E-state index contributed by atoms with van der Waals surface area (Å²) in [7, 11) is 0. The van der Waals surface area contributed by atoms with Gasteiger partial charge in [0.25, 0.3) is 0 Å². The van der Waals surface area contributed by atoms with Crippen molar-refractivity contribution in [2.24, 2.45) is 11.8 Å². The Kier molecular flexibility index (Phi) is 6.62. The lowest BCUT2D eigenvalue weighted by molar-refractivity contribution is 0.0648. The monoisotopic (exact) mass is 233 g/mol. The van der Waals surface area contributed by atoms with Gasteiger partial charge in [0, 0.05) is 25.1 Å². The molecule has 1 aliphatic heterocycles. The normalized spacial score (nSPS) is 20.8. The molecule has 1 atom stereocenters. The number of hydrogen-bond acceptors (Lipinski definition) is 2. The summed E-state index contributed by atoms with van der Waals surface area (Å²) in [6.45, 7) is 7.52. The summed E-state index contributed by atoms with van der Waals surface area (Å²) in [5, 5.41) is 3.65. The maximum absolute atomic E-state index is 5.80. The van der Waals surface area contributed by atoms with Crippen molar-refractivity contribution < 1.29 is 4.74 Å². The summed E-state index contributed by atoms with van der Waals surface area (Å²) in [4.78, 5) is 0. The third kappa shape index (κ3) is 5.19. The molecule has 0 amide bonds. The quantitative estimate of drug-likeness (QED) is 0.713. The molecule has 0 radical (unpaired) electrons. The van der Waals surface area contributed by atoms with Crippen molar-refractivity contribution >= 4 is 11.6 Å². The molecule has 0 spiro atoms. The lowest BCUT2D eigenvalue weighted by Gasteiger charge is -2.27. The molecule has 1 unspecified atom stereocenters. The van der Waals surface area contributed by atoms with Crippen LogP contribution < -0.4 is 5.32 Å². The van der Waals surface area contributed by atoms with Crippen LogP contribution in [0.3, 0.4) is 0 Å². The zero-order valence-corrected chi connectivity index (χ0v) is 10.7. The van der Waals surface area contributed by atoms with Gasteiger partial charge in [0.05, 0.1) is 0 Å². The summed E-state index contributed by atoms with van der Waals surface area (Å²) < 4.78 is 5.35. The highest BCUT2D eigenvalue weighted by molar-refractivity contribution is 6.17. The number of alkyl halides is 1. The predicted octanol–water partition coefficient (Wildman–Crippen LogP) is 2.66. The van der Waals surface area contributed by atoms with Gasteiger partial charge in [-0.15, -0.1) is 11.6 Å². The average molecular weight is 234 g/mol. The SMILES string of the molecule is CC(C)C(CCCl)NCC1CCOCC1. The molecule has 1 rings (SSSR count). The van der Waals surface area contributed by atoms with E-state index in [1.54, 1.807) is 0 Å². The molecule has 0 aromatic rings. The van der Waals surface area contributed by atoms with Crippen LogP contribution in [0.15, 0.2) is 0 Å². The molecule has 1 heterocycles. The van der Waals surface area contributed by atoms with Gasteiger partial charge in [0.1, 0.15) is 0 Å². The van der Waals surface area contributed by atoms with Gasteiger partial charge in [-0.25, -0.2) is 0 Å². The molecular formula is C12H24ClNO. The van der Waals surface area contributed by atoms with E-state index in [4.69, 9.17) is 16.3 Å². The van der Waals surface area contributed by atoms with E-state index in [9.17, 15) is 0 Å². The number of rotatable bonds is 6. The number of ether oxygens (including phenoxy) is 1. The van der Waals surface area contributed by atoms with E-state index in [2.05, 4.69) is 19.2 Å². The minimum Gasteiger partial charge on any atom is -0.381 e. The summed E-state index contributed by atoms with van der Waals surface area (Å²) >= 11 is 5.80. The van der Waals surface area contributed by atoms with Crippen LogP contribution in [0, 0.1) is 11.8 Å². The molecule has 1 aliphatic rings. The van der Waals surface area contributed by atoms with E-state index in [0.29, 0.717) is 12.0 Å². The Bertz CT molecular complexity index is 158. The van der Waals surface area contributed by atoms with Crippen LogP contribution in [0.4, 0.5) is 0 Å². The first-order chi connectivity index (χ1) is 7.24. The van der Waals surface area contributed by atoms with Gasteiger partial charge in [-0.05, 0) is 37.6 Å². The standard InChI is InChI=1S/C12H24ClNO/c1-10(2)12(3-6-13)14-9-11-4-7-15-8-5-11/h10-12,14H,3-9H2,1-2H3. The van der Waals surface area contributed by atoms with Crippen molar-refractivity contribution in [1.82, 2.24) is 5.32 Å². The van der Waals surface area contributed by atoms with E-state index >= 15 is 0 Å². The molecule has 0 aliphatic carbocycles. The molecule has 0 aromatic carbocycles. The Morgan fingerprint density at radius 2 is 2.00 bits per heavy atom. The van der Waals surface area contributed by atoms with Gasteiger partial charge in [0.15, 0.2) is 0 Å². The number of nitrogens with one attached hydrogen (secondary N) is 1. The van der Waals surface area contributed by atoms with E-state index < -0.39 is 0 Å². The van der Waals surface area contributed by atoms with Gasteiger partial charge in [0.2, 0.25) is 0 Å². The molecular weight excluding hydrogens is 210 g/mol. The van der Waals surface area contributed by atoms with Crippen LogP contribution in [-0.2, 0) is 4.74 Å². The van der Waals surface area contributed by atoms with Crippen molar-refractivity contribution in [3.63, 3.8) is 0 Å². The minimum atomic E-state index is 0.574. The fourth-order valence-electron chi connectivity index (χ4n) is 2.06. The molecule has 15 heavy (non-hydrogen) atoms. The van der Waals surface area contributed by atoms with E-state index in [1.165, 1.54) is 12.8 Å². The van der Waals surface area contributed by atoms with E-state index in [-0.39, 0.29) is 0 Å². The molecule has 1 N–H and O–H groups in total. The smallest absolute Gasteiger partial charge is 0.0469 e. The second-order valence-electron chi connectivity index (χ2n) is 4.79. The predicted molar refractivity (Wildman–Crippen MR) is 65.5 cm³/mol. The van der Waals surface area contributed by atoms with E-state index in [1.807, 2.05) is 0 Å². The zero-order chi connectivity index (χ0) is 11.1. The van der Waals surface area contributed by atoms with Gasteiger partial charge in [-0.2, -0.15) is 0 Å². The molecule has 1 fully saturated rings. The second-order valence-corrected chi connectivity index (χ2v) is 5.17. The summed E-state index contributed by atoms with van der Waals surface area (Å²) in [5.74, 6) is 2.22. The maximum Gasteiger partial charge on any atom is 0.0469 e. The first-order valence-corrected chi connectivity index (χ1v) is 6.64. The Hall–Kier alpha value is 0.210. The fraction of sp³-hybridized carbons (Fsp3) is 1.00. The van der Waals surface area contributed by atoms with Crippen LogP contribution in [-0.4, -0.2) is 31.7 Å². The van der Waals surface area contributed by atoms with Gasteiger partial charge < -0.3 is 10.1 Å². The summed E-state index contributed by atoms with van der Waals surface area (Å²) in [6.07, 6.45) is 3.49. The molecule has 0 saturated carbocycles. The zero-order valence-electron chi connectivity index (χ0n) is 9.97. The van der Waals surface area contributed by atoms with Crippen LogP contribution >= 0.6 is 11.6 Å². The Labute approximate surface area is 98.7 Å². The van der Waals surface area contributed by atoms with Crippen molar-refractivity contribution in [1.29, 1.82) is 0 Å². The lowest BCUT2D eigenvalue weighted by atomic mass is 9.97. The Balaban J connectivity index is 2.19. The minimum absolute atomic E-state index is 0.574. The Morgan fingerprint density at radius 3 is 2.53 bits per heavy atom. The molecule has 0 aromatic heterocycles. The molecule has 1 saturated heterocycles. The van der Waals surface area contributed by atoms with Gasteiger partial charge in [-0.1, -0.05) is 13.8 Å². The van der Waals surface area contributed by atoms with Crippen molar-refractivity contribution in [2.75, 3.05) is 25.6 Å². The van der Waals surface area contributed by atoms with Crippen LogP contribution in [0.1, 0.15) is 33.1 Å². The molecule has 0 bridgehead atoms. The van der Waals surface area contributed by atoms with Gasteiger partial charge in [-0.3, -0.25) is 0 Å². The molecule has 90 valence electrons. The van der Waals surface area contributed by atoms with Crippen LogP contribution in [0.2, 0.25) is 0 Å². The van der Waals surface area contributed by atoms with Crippen LogP contribution in [0.25, 0.3) is 0 Å². The largest absolute Gasteiger partial charge is 0.381 e. The highest BCUT2D eigenvalue weighted by Gasteiger charge is 2.17. The van der Waals surface area contributed by atoms with Gasteiger partial charge >= 0.3 is 0 Å². The summed E-state index contributed by atoms with van der Waals surface area (Å²) in [6, 6.07) is 0.574. The average Bonchev–Trinajstić information content (AvgIpc) is 2.25. The first-order valence-electron chi connectivity index (χ1n) is 6.11. The maximum atomic E-state index is 5.80. The van der Waals surface area contributed by atoms with Crippen LogP contribution in [0.5, 0.6) is 0 Å². The highest BCUT2D eigenvalue weighted by atomic mass is 35.5. The summed E-state index contributed by atoms with van der Waals surface area (Å²) in [5.41, 5.74) is 0. The lowest BCUT2D eigenvalue weighted by Crippen LogP contribution is -2.38. The van der Waals surface area contributed by atoms with Crippen molar-refractivity contribution in [3.8, 4) is 0 Å². The third-order valence-electron chi connectivity index (χ3n) is 3.23. The van der Waals surface area contributed by atoms with Crippen molar-refractivity contribution in [3.05, 3.63) is 0 Å². The number of hydrogen-bond donors (Lipinski definition) is 1. The molecule has 3 heteroatoms. The Morgan fingerprint density at radius 1 is 1.33 bits per heavy atom. The highest BCUT2D eigenvalue weighted by Crippen LogP contribution is 2.15.